The summed E-state index contributed by atoms with van der Waals surface area (Å²) >= 11 is 4.93. The molecule has 0 saturated heterocycles. The third-order valence-corrected chi connectivity index (χ3v) is 3.05. The van der Waals surface area contributed by atoms with Crippen LogP contribution in [0.5, 0.6) is 0 Å². The molecule has 0 bridgehead atoms. The van der Waals surface area contributed by atoms with Crippen molar-refractivity contribution in [1.29, 1.82) is 0 Å². The van der Waals surface area contributed by atoms with Gasteiger partial charge >= 0.3 is 5.97 Å². The molecule has 1 aromatic heterocycles. The first-order valence-electron chi connectivity index (χ1n) is 4.60. The van der Waals surface area contributed by atoms with Gasteiger partial charge in [-0.15, -0.1) is 0 Å². The molecule has 0 aliphatic heterocycles. The Morgan fingerprint density at radius 1 is 1.19 bits per heavy atom. The van der Waals surface area contributed by atoms with Crippen LogP contribution in [0.1, 0.15) is 15.9 Å². The normalized spacial score (nSPS) is 9.06. The van der Waals surface area contributed by atoms with Gasteiger partial charge in [-0.3, -0.25) is 0 Å². The number of hydrogen-bond donors (Lipinski definition) is 1. The van der Waals surface area contributed by atoms with Gasteiger partial charge in [-0.1, -0.05) is 46.3 Å². The Balaban J connectivity index is 0.000000212. The molecule has 0 radical (unpaired) electrons. The van der Waals surface area contributed by atoms with E-state index in [1.165, 1.54) is 0 Å². The molecule has 2 nitrogen and oxygen atoms in total. The molecule has 1 N–H and O–H groups in total. The van der Waals surface area contributed by atoms with E-state index in [-0.39, 0.29) is 0 Å². The van der Waals surface area contributed by atoms with Gasteiger partial charge in [0.15, 0.2) is 0 Å². The summed E-state index contributed by atoms with van der Waals surface area (Å²) in [6.07, 6.45) is 0. The Morgan fingerprint density at radius 2 is 1.81 bits per heavy atom. The van der Waals surface area contributed by atoms with Crippen molar-refractivity contribution >= 4 is 33.2 Å². The van der Waals surface area contributed by atoms with Crippen LogP contribution in [0.2, 0.25) is 0 Å². The van der Waals surface area contributed by atoms with Crippen LogP contribution < -0.4 is 0 Å². The molecule has 4 heteroatoms. The van der Waals surface area contributed by atoms with Crippen LogP contribution >= 0.6 is 27.3 Å². The standard InChI is InChI=1S/C8H7BrO2.C4H4S/c9-5-6-3-1-2-4-7(6)8(10)11;1-2-4-5-3-1/h1-4H,5H2,(H,10,11);1-4H. The number of benzene rings is 1. The summed E-state index contributed by atoms with van der Waals surface area (Å²) < 4.78 is 0. The number of thiophene rings is 1. The van der Waals surface area contributed by atoms with Crippen molar-refractivity contribution in [2.24, 2.45) is 0 Å². The van der Waals surface area contributed by atoms with Gasteiger partial charge in [0.05, 0.1) is 5.56 Å². The smallest absolute Gasteiger partial charge is 0.335 e. The summed E-state index contributed by atoms with van der Waals surface area (Å²) in [6.45, 7) is 0. The zero-order valence-corrected chi connectivity index (χ0v) is 10.9. The lowest BCUT2D eigenvalue weighted by atomic mass is 10.1. The van der Waals surface area contributed by atoms with Crippen LogP contribution in [0, 0.1) is 0 Å². The number of carboxylic acids is 1. The summed E-state index contributed by atoms with van der Waals surface area (Å²) in [6, 6.07) is 11.0. The van der Waals surface area contributed by atoms with E-state index >= 15 is 0 Å². The highest BCUT2D eigenvalue weighted by molar-refractivity contribution is 9.08. The molecule has 0 unspecified atom stereocenters. The second-order valence-electron chi connectivity index (χ2n) is 2.89. The maximum atomic E-state index is 10.6. The van der Waals surface area contributed by atoms with Crippen molar-refractivity contribution in [2.45, 2.75) is 5.33 Å². The van der Waals surface area contributed by atoms with E-state index < -0.39 is 5.97 Å². The Hall–Kier alpha value is -1.13. The lowest BCUT2D eigenvalue weighted by Crippen LogP contribution is -1.99. The molecule has 16 heavy (non-hydrogen) atoms. The molecule has 1 aromatic carbocycles. The minimum Gasteiger partial charge on any atom is -0.478 e. The summed E-state index contributed by atoms with van der Waals surface area (Å²) in [4.78, 5) is 10.6. The molecule has 84 valence electrons. The first kappa shape index (κ1) is 12.9. The molecule has 0 spiro atoms. The van der Waals surface area contributed by atoms with Crippen molar-refractivity contribution in [1.82, 2.24) is 0 Å². The van der Waals surface area contributed by atoms with Gasteiger partial charge in [0, 0.05) is 5.33 Å². The average Bonchev–Trinajstić information content (AvgIpc) is 2.87. The number of hydrogen-bond acceptors (Lipinski definition) is 2. The summed E-state index contributed by atoms with van der Waals surface area (Å²) in [5, 5.41) is 13.3. The molecule has 0 amide bonds. The van der Waals surface area contributed by atoms with Crippen molar-refractivity contribution in [3.05, 3.63) is 58.3 Å². The fourth-order valence-electron chi connectivity index (χ4n) is 1.07. The highest BCUT2D eigenvalue weighted by Crippen LogP contribution is 2.11. The van der Waals surface area contributed by atoms with Gasteiger partial charge in [-0.2, -0.15) is 11.3 Å². The minimum atomic E-state index is -0.875. The van der Waals surface area contributed by atoms with E-state index in [0.717, 1.165) is 5.56 Å². The summed E-state index contributed by atoms with van der Waals surface area (Å²) in [5.41, 5.74) is 1.17. The number of carboxylic acid groups (broad SMARTS) is 1. The minimum absolute atomic E-state index is 0.365. The summed E-state index contributed by atoms with van der Waals surface area (Å²) in [5.74, 6) is -0.875. The highest BCUT2D eigenvalue weighted by Gasteiger charge is 2.06. The van der Waals surface area contributed by atoms with E-state index in [1.807, 2.05) is 29.0 Å². The van der Waals surface area contributed by atoms with Crippen molar-refractivity contribution in [3.8, 4) is 0 Å². The molecule has 0 atom stereocenters. The van der Waals surface area contributed by atoms with Gasteiger partial charge in [0.25, 0.3) is 0 Å². The second kappa shape index (κ2) is 7.19. The molecule has 0 fully saturated rings. The quantitative estimate of drug-likeness (QED) is 0.850. The second-order valence-corrected chi connectivity index (χ2v) is 4.27. The zero-order chi connectivity index (χ0) is 11.8. The molecule has 1 heterocycles. The van der Waals surface area contributed by atoms with Crippen LogP contribution in [0.15, 0.2) is 47.2 Å². The zero-order valence-electron chi connectivity index (χ0n) is 8.47. The van der Waals surface area contributed by atoms with Crippen LogP contribution in [0.4, 0.5) is 0 Å². The predicted molar refractivity (Wildman–Crippen MR) is 70.4 cm³/mol. The largest absolute Gasteiger partial charge is 0.478 e. The van der Waals surface area contributed by atoms with Crippen LogP contribution in [0.3, 0.4) is 0 Å². The number of halogens is 1. The molecule has 0 aliphatic rings. The number of aromatic carboxylic acids is 1. The topological polar surface area (TPSA) is 37.3 Å². The van der Waals surface area contributed by atoms with Crippen molar-refractivity contribution < 1.29 is 9.90 Å². The maximum Gasteiger partial charge on any atom is 0.335 e. The monoisotopic (exact) mass is 298 g/mol. The van der Waals surface area contributed by atoms with E-state index in [1.54, 1.807) is 29.5 Å². The third-order valence-electron chi connectivity index (χ3n) is 1.82. The summed E-state index contributed by atoms with van der Waals surface area (Å²) in [7, 11) is 0. The maximum absolute atomic E-state index is 10.6. The number of alkyl halides is 1. The Labute approximate surface area is 107 Å². The van der Waals surface area contributed by atoms with Crippen LogP contribution in [-0.2, 0) is 5.33 Å². The number of rotatable bonds is 2. The average molecular weight is 299 g/mol. The van der Waals surface area contributed by atoms with Crippen LogP contribution in [-0.4, -0.2) is 11.1 Å². The van der Waals surface area contributed by atoms with Gasteiger partial charge in [0.2, 0.25) is 0 Å². The third kappa shape index (κ3) is 4.16. The Kier molecular flexibility index (Phi) is 5.82. The van der Waals surface area contributed by atoms with Crippen molar-refractivity contribution in [3.63, 3.8) is 0 Å². The van der Waals surface area contributed by atoms with Crippen LogP contribution in [0.25, 0.3) is 0 Å². The van der Waals surface area contributed by atoms with Gasteiger partial charge in [-0.05, 0) is 22.4 Å². The molecular formula is C12H11BrO2S. The van der Waals surface area contributed by atoms with E-state index in [9.17, 15) is 4.79 Å². The van der Waals surface area contributed by atoms with E-state index in [2.05, 4.69) is 15.9 Å². The fourth-order valence-corrected chi connectivity index (χ4v) is 2.01. The predicted octanol–water partition coefficient (Wildman–Crippen LogP) is 4.03. The first-order chi connectivity index (χ1) is 7.75. The van der Waals surface area contributed by atoms with Gasteiger partial charge in [-0.25, -0.2) is 4.79 Å². The molecule has 0 aliphatic carbocycles. The first-order valence-corrected chi connectivity index (χ1v) is 6.66. The highest BCUT2D eigenvalue weighted by atomic mass is 79.9. The molecular weight excluding hydrogens is 288 g/mol. The SMILES string of the molecule is O=C(O)c1ccccc1CBr.c1ccsc1. The lowest BCUT2D eigenvalue weighted by Gasteiger charge is -1.99. The Bertz CT molecular complexity index is 409. The van der Waals surface area contributed by atoms with Gasteiger partial charge < -0.3 is 5.11 Å². The van der Waals surface area contributed by atoms with E-state index in [0.29, 0.717) is 10.9 Å². The lowest BCUT2D eigenvalue weighted by molar-refractivity contribution is 0.0696. The number of carbonyl (C=O) groups is 1. The Morgan fingerprint density at radius 3 is 2.19 bits per heavy atom. The molecule has 2 aromatic rings. The molecule has 2 rings (SSSR count). The van der Waals surface area contributed by atoms with E-state index in [4.69, 9.17) is 5.11 Å². The van der Waals surface area contributed by atoms with Gasteiger partial charge in [0.1, 0.15) is 0 Å². The fraction of sp³-hybridized carbons (Fsp3) is 0.0833. The molecule has 0 saturated carbocycles. The van der Waals surface area contributed by atoms with Crippen molar-refractivity contribution in [2.75, 3.05) is 0 Å².